The van der Waals surface area contributed by atoms with Gasteiger partial charge in [0.1, 0.15) is 11.4 Å². The molecule has 0 aromatic heterocycles. The summed E-state index contributed by atoms with van der Waals surface area (Å²) in [6.45, 7) is 2.43. The molecule has 2 aliphatic rings. The SMILES string of the molecule is COc1ccc(N2CCCC3(C2)OCCO3)c([N+](=O)[O-])c1. The van der Waals surface area contributed by atoms with Gasteiger partial charge in [-0.3, -0.25) is 10.1 Å². The van der Waals surface area contributed by atoms with Gasteiger partial charge in [-0.2, -0.15) is 0 Å². The lowest BCUT2D eigenvalue weighted by Crippen LogP contribution is -2.49. The molecule has 21 heavy (non-hydrogen) atoms. The second kappa shape index (κ2) is 5.50. The molecule has 0 unspecified atom stereocenters. The first-order valence-corrected chi connectivity index (χ1v) is 6.99. The van der Waals surface area contributed by atoms with Crippen LogP contribution in [0.25, 0.3) is 0 Å². The molecule has 2 heterocycles. The number of ether oxygens (including phenoxy) is 3. The Morgan fingerprint density at radius 3 is 2.81 bits per heavy atom. The third-order valence-corrected chi connectivity index (χ3v) is 3.95. The maximum atomic E-state index is 11.3. The number of methoxy groups -OCH3 is 1. The van der Waals surface area contributed by atoms with Gasteiger partial charge in [-0.25, -0.2) is 0 Å². The van der Waals surface area contributed by atoms with Gasteiger partial charge >= 0.3 is 0 Å². The summed E-state index contributed by atoms with van der Waals surface area (Å²) < 4.78 is 16.5. The Bertz CT molecular complexity index is 542. The Morgan fingerprint density at radius 2 is 2.14 bits per heavy atom. The Kier molecular flexibility index (Phi) is 3.69. The highest BCUT2D eigenvalue weighted by Gasteiger charge is 2.41. The fourth-order valence-electron chi connectivity index (χ4n) is 2.97. The molecule has 7 heteroatoms. The number of piperidine rings is 1. The summed E-state index contributed by atoms with van der Waals surface area (Å²) in [6, 6.07) is 4.91. The molecule has 2 fully saturated rings. The van der Waals surface area contributed by atoms with E-state index in [2.05, 4.69) is 0 Å². The Morgan fingerprint density at radius 1 is 1.38 bits per heavy atom. The molecule has 0 radical (unpaired) electrons. The number of nitro groups is 1. The monoisotopic (exact) mass is 294 g/mol. The summed E-state index contributed by atoms with van der Waals surface area (Å²) in [5, 5.41) is 11.3. The third-order valence-electron chi connectivity index (χ3n) is 3.95. The van der Waals surface area contributed by atoms with Crippen LogP contribution in [0.1, 0.15) is 12.8 Å². The molecule has 0 N–H and O–H groups in total. The third kappa shape index (κ3) is 2.66. The molecule has 1 spiro atoms. The maximum Gasteiger partial charge on any atom is 0.296 e. The summed E-state index contributed by atoms with van der Waals surface area (Å²) in [5.74, 6) is -0.128. The largest absolute Gasteiger partial charge is 0.496 e. The van der Waals surface area contributed by atoms with E-state index >= 15 is 0 Å². The number of nitrogens with zero attached hydrogens (tertiary/aromatic N) is 2. The van der Waals surface area contributed by atoms with Crippen LogP contribution in [0.3, 0.4) is 0 Å². The second-order valence-electron chi connectivity index (χ2n) is 5.24. The smallest absolute Gasteiger partial charge is 0.296 e. The summed E-state index contributed by atoms with van der Waals surface area (Å²) in [6.07, 6.45) is 1.70. The quantitative estimate of drug-likeness (QED) is 0.626. The van der Waals surface area contributed by atoms with Gasteiger partial charge in [0.15, 0.2) is 5.79 Å². The standard InChI is InChI=1S/C14H18N2O5/c1-19-11-3-4-12(13(9-11)16(17)18)15-6-2-5-14(10-15)20-7-8-21-14/h3-4,9H,2,5-8,10H2,1H3. The van der Waals surface area contributed by atoms with Crippen LogP contribution >= 0.6 is 0 Å². The van der Waals surface area contributed by atoms with Crippen molar-refractivity contribution < 1.29 is 19.1 Å². The molecule has 7 nitrogen and oxygen atoms in total. The predicted octanol–water partition coefficient (Wildman–Crippen LogP) is 1.95. The van der Waals surface area contributed by atoms with Gasteiger partial charge < -0.3 is 19.1 Å². The van der Waals surface area contributed by atoms with E-state index in [4.69, 9.17) is 14.2 Å². The molecule has 0 bridgehead atoms. The van der Waals surface area contributed by atoms with Crippen molar-refractivity contribution in [3.8, 4) is 5.75 Å². The van der Waals surface area contributed by atoms with E-state index in [1.54, 1.807) is 12.1 Å². The minimum atomic E-state index is -0.605. The van der Waals surface area contributed by atoms with Crippen molar-refractivity contribution >= 4 is 11.4 Å². The number of anilines is 1. The summed E-state index contributed by atoms with van der Waals surface area (Å²) in [5.41, 5.74) is 0.628. The molecule has 0 aliphatic carbocycles. The predicted molar refractivity (Wildman–Crippen MR) is 75.7 cm³/mol. The highest BCUT2D eigenvalue weighted by Crippen LogP contribution is 2.37. The zero-order chi connectivity index (χ0) is 14.9. The highest BCUT2D eigenvalue weighted by atomic mass is 16.7. The molecule has 0 amide bonds. The van der Waals surface area contributed by atoms with E-state index in [0.29, 0.717) is 31.2 Å². The van der Waals surface area contributed by atoms with Crippen LogP contribution in [0.5, 0.6) is 5.75 Å². The van der Waals surface area contributed by atoms with E-state index in [-0.39, 0.29) is 10.6 Å². The molecule has 0 atom stereocenters. The lowest BCUT2D eigenvalue weighted by molar-refractivity contribution is -0.384. The van der Waals surface area contributed by atoms with Crippen LogP contribution in [0, 0.1) is 10.1 Å². The lowest BCUT2D eigenvalue weighted by atomic mass is 10.0. The van der Waals surface area contributed by atoms with E-state index in [1.807, 2.05) is 4.90 Å². The van der Waals surface area contributed by atoms with Crippen LogP contribution in [-0.4, -0.2) is 44.1 Å². The minimum absolute atomic E-state index is 0.0457. The summed E-state index contributed by atoms with van der Waals surface area (Å²) >= 11 is 0. The van der Waals surface area contributed by atoms with Crippen LogP contribution in [0.4, 0.5) is 11.4 Å². The van der Waals surface area contributed by atoms with Crippen LogP contribution in [-0.2, 0) is 9.47 Å². The van der Waals surface area contributed by atoms with Crippen molar-refractivity contribution in [2.45, 2.75) is 18.6 Å². The molecule has 2 aliphatic heterocycles. The summed E-state index contributed by atoms with van der Waals surface area (Å²) in [7, 11) is 1.49. The molecule has 2 saturated heterocycles. The number of hydrogen-bond acceptors (Lipinski definition) is 6. The van der Waals surface area contributed by atoms with E-state index in [1.165, 1.54) is 13.2 Å². The van der Waals surface area contributed by atoms with Gasteiger partial charge in [0.25, 0.3) is 5.69 Å². The van der Waals surface area contributed by atoms with E-state index in [0.717, 1.165) is 19.4 Å². The topological polar surface area (TPSA) is 74.1 Å². The van der Waals surface area contributed by atoms with Gasteiger partial charge in [0.05, 0.1) is 37.9 Å². The number of nitro benzene ring substituents is 1. The van der Waals surface area contributed by atoms with Gasteiger partial charge in [-0.05, 0) is 18.6 Å². The first-order chi connectivity index (χ1) is 10.1. The molecular formula is C14H18N2O5. The Labute approximate surface area is 122 Å². The van der Waals surface area contributed by atoms with Crippen molar-refractivity contribution in [3.05, 3.63) is 28.3 Å². The normalized spacial score (nSPS) is 20.7. The van der Waals surface area contributed by atoms with Gasteiger partial charge in [-0.15, -0.1) is 0 Å². The van der Waals surface area contributed by atoms with Gasteiger partial charge in [-0.1, -0.05) is 0 Å². The fourth-order valence-corrected chi connectivity index (χ4v) is 2.97. The Balaban J connectivity index is 1.90. The van der Waals surface area contributed by atoms with E-state index in [9.17, 15) is 10.1 Å². The van der Waals surface area contributed by atoms with Crippen LogP contribution in [0.15, 0.2) is 18.2 Å². The van der Waals surface area contributed by atoms with Gasteiger partial charge in [0, 0.05) is 13.0 Å². The molecule has 1 aromatic carbocycles. The Hall–Kier alpha value is -1.86. The lowest BCUT2D eigenvalue weighted by Gasteiger charge is -2.39. The second-order valence-corrected chi connectivity index (χ2v) is 5.24. The fraction of sp³-hybridized carbons (Fsp3) is 0.571. The number of benzene rings is 1. The van der Waals surface area contributed by atoms with Crippen molar-refractivity contribution in [1.29, 1.82) is 0 Å². The highest BCUT2D eigenvalue weighted by molar-refractivity contribution is 5.65. The van der Waals surface area contributed by atoms with Crippen LogP contribution in [0.2, 0.25) is 0 Å². The van der Waals surface area contributed by atoms with Crippen LogP contribution < -0.4 is 9.64 Å². The number of rotatable bonds is 3. The zero-order valence-corrected chi connectivity index (χ0v) is 11.9. The molecular weight excluding hydrogens is 276 g/mol. The van der Waals surface area contributed by atoms with Gasteiger partial charge in [0.2, 0.25) is 0 Å². The zero-order valence-electron chi connectivity index (χ0n) is 11.9. The average Bonchev–Trinajstić information content (AvgIpc) is 2.94. The molecule has 0 saturated carbocycles. The van der Waals surface area contributed by atoms with Crippen molar-refractivity contribution in [2.24, 2.45) is 0 Å². The molecule has 114 valence electrons. The van der Waals surface area contributed by atoms with Crippen molar-refractivity contribution in [3.63, 3.8) is 0 Å². The van der Waals surface area contributed by atoms with E-state index < -0.39 is 5.79 Å². The summed E-state index contributed by atoms with van der Waals surface area (Å²) in [4.78, 5) is 12.9. The average molecular weight is 294 g/mol. The maximum absolute atomic E-state index is 11.3. The first-order valence-electron chi connectivity index (χ1n) is 6.99. The van der Waals surface area contributed by atoms with Crippen molar-refractivity contribution in [1.82, 2.24) is 0 Å². The number of hydrogen-bond donors (Lipinski definition) is 0. The molecule has 1 aromatic rings. The first kappa shape index (κ1) is 14.1. The molecule has 3 rings (SSSR count). The van der Waals surface area contributed by atoms with Crippen molar-refractivity contribution in [2.75, 3.05) is 38.3 Å². The minimum Gasteiger partial charge on any atom is -0.496 e.